The summed E-state index contributed by atoms with van der Waals surface area (Å²) in [4.78, 5) is 34.4. The highest BCUT2D eigenvalue weighted by molar-refractivity contribution is 7.89. The van der Waals surface area contributed by atoms with Gasteiger partial charge in [-0.1, -0.05) is 17.8 Å². The number of ether oxygens (including phenoxy) is 2. The predicted octanol–water partition coefficient (Wildman–Crippen LogP) is 2.64. The molecule has 1 aromatic carbocycles. The van der Waals surface area contributed by atoms with E-state index in [1.807, 2.05) is 0 Å². The van der Waals surface area contributed by atoms with Crippen molar-refractivity contribution in [3.05, 3.63) is 45.3 Å². The van der Waals surface area contributed by atoms with E-state index in [2.05, 4.69) is 5.32 Å². The predicted molar refractivity (Wildman–Crippen MR) is 115 cm³/mol. The van der Waals surface area contributed by atoms with Gasteiger partial charge < -0.3 is 14.8 Å². The van der Waals surface area contributed by atoms with Gasteiger partial charge in [0.2, 0.25) is 10.0 Å². The lowest BCUT2D eigenvalue weighted by atomic mass is 10.2. The summed E-state index contributed by atoms with van der Waals surface area (Å²) in [5.41, 5.74) is 0.110. The third-order valence-corrected chi connectivity index (χ3v) is 7.62. The van der Waals surface area contributed by atoms with Crippen LogP contribution in [0.5, 0.6) is 5.75 Å². The van der Waals surface area contributed by atoms with E-state index in [1.54, 1.807) is 0 Å². The fraction of sp³-hybridized carbons (Fsp3) is 0.368. The molecule has 1 fully saturated rings. The van der Waals surface area contributed by atoms with Crippen LogP contribution in [-0.2, 0) is 19.6 Å². The van der Waals surface area contributed by atoms with Gasteiger partial charge in [-0.25, -0.2) is 13.2 Å². The van der Waals surface area contributed by atoms with E-state index in [4.69, 9.17) is 9.47 Å². The first kappa shape index (κ1) is 23.6. The summed E-state index contributed by atoms with van der Waals surface area (Å²) < 4.78 is 37.3. The maximum atomic E-state index is 12.9. The van der Waals surface area contributed by atoms with Crippen molar-refractivity contribution in [1.29, 1.82) is 0 Å². The summed E-state index contributed by atoms with van der Waals surface area (Å²) in [6.07, 6.45) is 2.56. The lowest BCUT2D eigenvalue weighted by Gasteiger charge is -2.26. The quantitative estimate of drug-likeness (QED) is 0.343. The summed E-state index contributed by atoms with van der Waals surface area (Å²) in [6.45, 7) is 0.205. The molecule has 3 rings (SSSR count). The largest absolute Gasteiger partial charge is 0.495 e. The molecule has 2 aromatic rings. The summed E-state index contributed by atoms with van der Waals surface area (Å²) in [5, 5.41) is 13.0. The first-order chi connectivity index (χ1) is 15.2. The number of carbonyl (C=O) groups is 2. The fourth-order valence-electron chi connectivity index (χ4n) is 3.12. The second-order valence-electron chi connectivity index (χ2n) is 6.85. The Morgan fingerprint density at radius 3 is 2.53 bits per heavy atom. The van der Waals surface area contributed by atoms with E-state index in [-0.39, 0.29) is 26.2 Å². The van der Waals surface area contributed by atoms with Crippen molar-refractivity contribution < 1.29 is 32.4 Å². The van der Waals surface area contributed by atoms with E-state index < -0.39 is 33.4 Å². The van der Waals surface area contributed by atoms with Crippen molar-refractivity contribution in [2.75, 3.05) is 32.1 Å². The van der Waals surface area contributed by atoms with Crippen molar-refractivity contribution in [3.8, 4) is 5.75 Å². The second-order valence-corrected chi connectivity index (χ2v) is 9.85. The number of nitrogens with zero attached hydrogens (tertiary/aromatic N) is 2. The number of anilines is 1. The minimum Gasteiger partial charge on any atom is -0.495 e. The lowest BCUT2D eigenvalue weighted by Crippen LogP contribution is -2.35. The summed E-state index contributed by atoms with van der Waals surface area (Å²) >= 11 is 0.632. The maximum absolute atomic E-state index is 12.9. The van der Waals surface area contributed by atoms with Gasteiger partial charge >= 0.3 is 11.0 Å². The molecular weight excluding hydrogens is 462 g/mol. The zero-order chi connectivity index (χ0) is 23.3. The van der Waals surface area contributed by atoms with Gasteiger partial charge in [-0.05, 0) is 37.1 Å². The van der Waals surface area contributed by atoms with Gasteiger partial charge in [0.25, 0.3) is 5.91 Å². The Morgan fingerprint density at radius 2 is 1.91 bits per heavy atom. The summed E-state index contributed by atoms with van der Waals surface area (Å²) in [5.74, 6) is -1.38. The highest BCUT2D eigenvalue weighted by Crippen LogP contribution is 2.30. The van der Waals surface area contributed by atoms with Gasteiger partial charge in [0.05, 0.1) is 22.6 Å². The van der Waals surface area contributed by atoms with Crippen LogP contribution in [0.25, 0.3) is 0 Å². The molecule has 1 aromatic heterocycles. The number of hydrogen-bond acceptors (Lipinski definition) is 9. The molecule has 1 aliphatic heterocycles. The molecule has 0 aliphatic carbocycles. The average molecular weight is 484 g/mol. The molecule has 1 saturated heterocycles. The number of nitrogens with one attached hydrogen (secondary N) is 1. The number of esters is 1. The number of nitro groups is 1. The number of sulfonamides is 1. The van der Waals surface area contributed by atoms with Crippen LogP contribution < -0.4 is 10.1 Å². The van der Waals surface area contributed by atoms with Crippen molar-refractivity contribution in [1.82, 2.24) is 4.31 Å². The van der Waals surface area contributed by atoms with Gasteiger partial charge in [0.15, 0.2) is 6.61 Å². The van der Waals surface area contributed by atoms with Crippen molar-refractivity contribution in [2.24, 2.45) is 0 Å². The van der Waals surface area contributed by atoms with Crippen LogP contribution >= 0.6 is 11.3 Å². The van der Waals surface area contributed by atoms with Crippen molar-refractivity contribution in [2.45, 2.75) is 24.2 Å². The number of hydrogen-bond donors (Lipinski definition) is 1. The van der Waals surface area contributed by atoms with Crippen molar-refractivity contribution in [3.63, 3.8) is 0 Å². The number of thiophene rings is 1. The molecule has 0 radical (unpaired) electrons. The fourth-order valence-corrected chi connectivity index (χ4v) is 5.38. The SMILES string of the molecule is COc1ccc(S(=O)(=O)N2CCCCC2)cc1NC(=O)COC(=O)c1ccc([N+](=O)[O-])s1. The average Bonchev–Trinajstić information content (AvgIpc) is 3.29. The highest BCUT2D eigenvalue weighted by atomic mass is 32.2. The number of amides is 1. The topological polar surface area (TPSA) is 145 Å². The van der Waals surface area contributed by atoms with E-state index >= 15 is 0 Å². The first-order valence-electron chi connectivity index (χ1n) is 9.62. The maximum Gasteiger partial charge on any atom is 0.349 e. The number of carbonyl (C=O) groups excluding carboxylic acids is 2. The normalized spacial score (nSPS) is 14.5. The van der Waals surface area contributed by atoms with Gasteiger partial charge in [-0.3, -0.25) is 14.9 Å². The van der Waals surface area contributed by atoms with Crippen LogP contribution in [0.15, 0.2) is 35.2 Å². The minimum atomic E-state index is -3.72. The Kier molecular flexibility index (Phi) is 7.43. The molecule has 32 heavy (non-hydrogen) atoms. The van der Waals surface area contributed by atoms with Crippen LogP contribution in [0.3, 0.4) is 0 Å². The molecular formula is C19H21N3O8S2. The van der Waals surface area contributed by atoms with E-state index in [1.165, 1.54) is 41.7 Å². The van der Waals surface area contributed by atoms with Crippen LogP contribution in [0.2, 0.25) is 0 Å². The molecule has 1 amide bonds. The number of methoxy groups -OCH3 is 1. The molecule has 11 nitrogen and oxygen atoms in total. The Bertz CT molecular complexity index is 1120. The van der Waals surface area contributed by atoms with Crippen LogP contribution in [0.4, 0.5) is 10.7 Å². The van der Waals surface area contributed by atoms with Gasteiger partial charge in [0.1, 0.15) is 10.6 Å². The highest BCUT2D eigenvalue weighted by Gasteiger charge is 2.27. The Balaban J connectivity index is 1.68. The molecule has 1 aliphatic rings. The van der Waals surface area contributed by atoms with Gasteiger partial charge in [-0.2, -0.15) is 4.31 Å². The molecule has 0 atom stereocenters. The zero-order valence-electron chi connectivity index (χ0n) is 17.1. The van der Waals surface area contributed by atoms with Gasteiger partial charge in [-0.15, -0.1) is 0 Å². The van der Waals surface area contributed by atoms with Crippen LogP contribution in [-0.4, -0.2) is 56.3 Å². The molecule has 0 bridgehead atoms. The van der Waals surface area contributed by atoms with E-state index in [0.29, 0.717) is 24.4 Å². The number of rotatable bonds is 8. The van der Waals surface area contributed by atoms with Crippen LogP contribution in [0, 0.1) is 10.1 Å². The second kappa shape index (κ2) is 10.1. The monoisotopic (exact) mass is 483 g/mol. The number of piperidine rings is 1. The minimum absolute atomic E-state index is 0.0124. The molecule has 172 valence electrons. The Morgan fingerprint density at radius 1 is 1.19 bits per heavy atom. The summed E-state index contributed by atoms with van der Waals surface area (Å²) in [6, 6.07) is 6.54. The Hall–Kier alpha value is -3.03. The smallest absolute Gasteiger partial charge is 0.349 e. The molecule has 2 heterocycles. The molecule has 1 N–H and O–H groups in total. The number of benzene rings is 1. The van der Waals surface area contributed by atoms with Crippen LogP contribution in [0.1, 0.15) is 28.9 Å². The van der Waals surface area contributed by atoms with Gasteiger partial charge in [0, 0.05) is 19.2 Å². The van der Waals surface area contributed by atoms with E-state index in [9.17, 15) is 28.1 Å². The Labute approximate surface area is 188 Å². The van der Waals surface area contributed by atoms with E-state index in [0.717, 1.165) is 19.3 Å². The standard InChI is InChI=1S/C19H21N3O8S2/c1-29-15-6-5-13(32(27,28)21-9-3-2-4-10-21)11-14(15)20-17(23)12-30-19(24)16-7-8-18(31-16)22(25)26/h5-8,11H,2-4,9-10,12H2,1H3,(H,20,23). The first-order valence-corrected chi connectivity index (χ1v) is 11.9. The summed E-state index contributed by atoms with van der Waals surface area (Å²) in [7, 11) is -2.36. The molecule has 0 unspecified atom stereocenters. The van der Waals surface area contributed by atoms with Crippen molar-refractivity contribution >= 4 is 43.9 Å². The third-order valence-electron chi connectivity index (χ3n) is 4.71. The lowest BCUT2D eigenvalue weighted by molar-refractivity contribution is -0.380. The third kappa shape index (κ3) is 5.41. The molecule has 13 heteroatoms. The molecule has 0 saturated carbocycles. The zero-order valence-corrected chi connectivity index (χ0v) is 18.7. The molecule has 0 spiro atoms.